The maximum absolute atomic E-state index is 9.92. The molecule has 0 aliphatic carbocycles. The van der Waals surface area contributed by atoms with Crippen LogP contribution in [0.15, 0.2) is 0 Å². The van der Waals surface area contributed by atoms with E-state index in [4.69, 9.17) is 5.11 Å². The van der Waals surface area contributed by atoms with Crippen LogP contribution in [0.4, 0.5) is 0 Å². The van der Waals surface area contributed by atoms with Gasteiger partial charge in [-0.3, -0.25) is 0 Å². The zero-order chi connectivity index (χ0) is 18.5. The second kappa shape index (κ2) is 14.0. The van der Waals surface area contributed by atoms with Crippen molar-refractivity contribution >= 4 is 0 Å². The van der Waals surface area contributed by atoms with E-state index in [1.54, 1.807) is 0 Å². The molecule has 0 fully saturated rings. The second-order valence-electron chi connectivity index (χ2n) is 7.32. The van der Waals surface area contributed by atoms with Gasteiger partial charge in [0.2, 0.25) is 0 Å². The lowest BCUT2D eigenvalue weighted by Gasteiger charge is -2.24. The Morgan fingerprint density at radius 2 is 1.04 bits per heavy atom. The van der Waals surface area contributed by atoms with E-state index < -0.39 is 37.1 Å². The Kier molecular flexibility index (Phi) is 13.8. The van der Waals surface area contributed by atoms with Crippen molar-refractivity contribution in [2.45, 2.75) is 102 Å². The van der Waals surface area contributed by atoms with Crippen molar-refractivity contribution in [1.29, 1.82) is 0 Å². The summed E-state index contributed by atoms with van der Waals surface area (Å²) in [6, 6.07) is 0. The average Bonchev–Trinajstić information content (AvgIpc) is 2.52. The van der Waals surface area contributed by atoms with Crippen LogP contribution >= 0.6 is 0 Å². The van der Waals surface area contributed by atoms with Gasteiger partial charge in [0.15, 0.2) is 0 Å². The Balaban J connectivity index is 3.80. The molecule has 5 atom stereocenters. The van der Waals surface area contributed by atoms with Gasteiger partial charge in [-0.2, -0.15) is 0 Å². The average molecular weight is 350 g/mol. The first kappa shape index (κ1) is 23.8. The molecule has 146 valence electrons. The first-order valence-corrected chi connectivity index (χ1v) is 9.29. The smallest absolute Gasteiger partial charge is 0.0825 e. The molecule has 6 heteroatoms. The minimum Gasteiger partial charge on any atom is -0.394 e. The molecule has 0 radical (unpaired) electrons. The lowest BCUT2D eigenvalue weighted by atomic mass is 9.96. The molecule has 5 unspecified atom stereocenters. The molecule has 0 bridgehead atoms. The van der Waals surface area contributed by atoms with Gasteiger partial charge in [-0.05, 0) is 12.3 Å². The first-order valence-electron chi connectivity index (χ1n) is 9.29. The predicted octanol–water partition coefficient (Wildman–Crippen LogP) is 0.950. The molecule has 0 saturated carbocycles. The van der Waals surface area contributed by atoms with Crippen molar-refractivity contribution < 1.29 is 30.6 Å². The van der Waals surface area contributed by atoms with Crippen molar-refractivity contribution in [2.24, 2.45) is 5.92 Å². The van der Waals surface area contributed by atoms with E-state index in [-0.39, 0.29) is 12.8 Å². The van der Waals surface area contributed by atoms with Crippen LogP contribution in [0.2, 0.25) is 0 Å². The third kappa shape index (κ3) is 12.2. The number of rotatable bonds is 15. The summed E-state index contributed by atoms with van der Waals surface area (Å²) in [6.07, 6.45) is 1.13. The lowest BCUT2D eigenvalue weighted by Crippen LogP contribution is -2.37. The Labute approximate surface area is 146 Å². The van der Waals surface area contributed by atoms with E-state index in [1.807, 2.05) is 0 Å². The highest BCUT2D eigenvalue weighted by atomic mass is 16.3. The fourth-order valence-electron chi connectivity index (χ4n) is 2.70. The van der Waals surface area contributed by atoms with Crippen molar-refractivity contribution in [3.63, 3.8) is 0 Å². The molecule has 0 aromatic rings. The van der Waals surface area contributed by atoms with Crippen molar-refractivity contribution in [1.82, 2.24) is 0 Å². The summed E-state index contributed by atoms with van der Waals surface area (Å²) >= 11 is 0. The molecule has 0 rings (SSSR count). The Hall–Kier alpha value is -0.240. The SMILES string of the molecule is CC(C)CCCCCCCC(O)C(O)CC(O)C(O)CC(O)CO. The first-order chi connectivity index (χ1) is 11.3. The minimum atomic E-state index is -1.24. The molecule has 24 heavy (non-hydrogen) atoms. The van der Waals surface area contributed by atoms with Crippen LogP contribution in [0.25, 0.3) is 0 Å². The van der Waals surface area contributed by atoms with Crippen LogP contribution in [0, 0.1) is 5.92 Å². The van der Waals surface area contributed by atoms with E-state index in [1.165, 1.54) is 19.3 Å². The van der Waals surface area contributed by atoms with Gasteiger partial charge in [0.05, 0.1) is 37.1 Å². The highest BCUT2D eigenvalue weighted by molar-refractivity contribution is 4.77. The van der Waals surface area contributed by atoms with Crippen molar-refractivity contribution in [2.75, 3.05) is 6.61 Å². The van der Waals surface area contributed by atoms with Gasteiger partial charge < -0.3 is 30.6 Å². The maximum Gasteiger partial charge on any atom is 0.0825 e. The molecular formula is C18H38O6. The quantitative estimate of drug-likeness (QED) is 0.245. The summed E-state index contributed by atoms with van der Waals surface area (Å²) in [6.45, 7) is 3.94. The van der Waals surface area contributed by atoms with E-state index in [0.717, 1.165) is 25.2 Å². The van der Waals surface area contributed by atoms with Crippen LogP contribution in [0.5, 0.6) is 0 Å². The number of aliphatic hydroxyl groups is 6. The second-order valence-corrected chi connectivity index (χ2v) is 7.32. The van der Waals surface area contributed by atoms with Crippen molar-refractivity contribution in [3.05, 3.63) is 0 Å². The Bertz CT molecular complexity index is 287. The molecule has 0 aliphatic rings. The highest BCUT2D eigenvalue weighted by Crippen LogP contribution is 2.16. The molecule has 0 aliphatic heterocycles. The number of aliphatic hydroxyl groups excluding tert-OH is 6. The predicted molar refractivity (Wildman–Crippen MR) is 93.5 cm³/mol. The van der Waals surface area contributed by atoms with Gasteiger partial charge in [0.1, 0.15) is 0 Å². The zero-order valence-electron chi connectivity index (χ0n) is 15.2. The molecule has 0 heterocycles. The van der Waals surface area contributed by atoms with Gasteiger partial charge >= 0.3 is 0 Å². The highest BCUT2D eigenvalue weighted by Gasteiger charge is 2.25. The van der Waals surface area contributed by atoms with Crippen molar-refractivity contribution in [3.8, 4) is 0 Å². The third-order valence-electron chi connectivity index (χ3n) is 4.38. The summed E-state index contributed by atoms with van der Waals surface area (Å²) in [7, 11) is 0. The molecule has 0 spiro atoms. The standard InChI is InChI=1S/C18H38O6/c1-13(2)8-6-4-3-5-7-9-15(21)17(23)11-18(24)16(22)10-14(20)12-19/h13-24H,3-12H2,1-2H3. The van der Waals surface area contributed by atoms with E-state index in [0.29, 0.717) is 6.42 Å². The molecule has 0 aromatic carbocycles. The fourth-order valence-corrected chi connectivity index (χ4v) is 2.70. The van der Waals surface area contributed by atoms with E-state index >= 15 is 0 Å². The molecule has 6 N–H and O–H groups in total. The lowest BCUT2D eigenvalue weighted by molar-refractivity contribution is -0.0645. The van der Waals surface area contributed by atoms with Gasteiger partial charge in [-0.1, -0.05) is 52.4 Å². The van der Waals surface area contributed by atoms with Crippen LogP contribution in [-0.2, 0) is 0 Å². The summed E-state index contributed by atoms with van der Waals surface area (Å²) < 4.78 is 0. The molecule has 6 nitrogen and oxygen atoms in total. The molecule has 0 saturated heterocycles. The summed E-state index contributed by atoms with van der Waals surface area (Å²) in [5.74, 6) is 0.738. The van der Waals surface area contributed by atoms with Gasteiger partial charge in [0, 0.05) is 12.8 Å². The molecular weight excluding hydrogens is 312 g/mol. The molecule has 0 aromatic heterocycles. The molecule has 0 amide bonds. The van der Waals surface area contributed by atoms with Gasteiger partial charge in [-0.15, -0.1) is 0 Å². The van der Waals surface area contributed by atoms with E-state index in [2.05, 4.69) is 13.8 Å². The third-order valence-corrected chi connectivity index (χ3v) is 4.38. The monoisotopic (exact) mass is 350 g/mol. The number of hydrogen-bond donors (Lipinski definition) is 6. The van der Waals surface area contributed by atoms with Gasteiger partial charge in [0.25, 0.3) is 0 Å². The van der Waals surface area contributed by atoms with Crippen LogP contribution in [0.1, 0.15) is 71.6 Å². The van der Waals surface area contributed by atoms with E-state index in [9.17, 15) is 25.5 Å². The maximum atomic E-state index is 9.92. The topological polar surface area (TPSA) is 121 Å². The Morgan fingerprint density at radius 3 is 1.58 bits per heavy atom. The summed E-state index contributed by atoms with van der Waals surface area (Å²) in [4.78, 5) is 0. The fraction of sp³-hybridized carbons (Fsp3) is 1.00. The minimum absolute atomic E-state index is 0.158. The van der Waals surface area contributed by atoms with Crippen LogP contribution < -0.4 is 0 Å². The largest absolute Gasteiger partial charge is 0.394 e. The number of unbranched alkanes of at least 4 members (excludes halogenated alkanes) is 4. The summed E-state index contributed by atoms with van der Waals surface area (Å²) in [5.41, 5.74) is 0. The van der Waals surface area contributed by atoms with Crippen LogP contribution in [-0.4, -0.2) is 67.8 Å². The number of hydrogen-bond acceptors (Lipinski definition) is 6. The zero-order valence-corrected chi connectivity index (χ0v) is 15.2. The van der Waals surface area contributed by atoms with Crippen LogP contribution in [0.3, 0.4) is 0 Å². The van der Waals surface area contributed by atoms with Gasteiger partial charge in [-0.25, -0.2) is 0 Å². The normalized spacial score (nSPS) is 18.4. The summed E-state index contributed by atoms with van der Waals surface area (Å²) in [5, 5.41) is 57.2. The Morgan fingerprint density at radius 1 is 0.583 bits per heavy atom.